The minimum Gasteiger partial charge on any atom is -0.379 e. The first-order valence-electron chi connectivity index (χ1n) is 5.41. The third-order valence-corrected chi connectivity index (χ3v) is 3.08. The van der Waals surface area contributed by atoms with Crippen molar-refractivity contribution in [3.63, 3.8) is 0 Å². The van der Waals surface area contributed by atoms with Gasteiger partial charge in [0, 0.05) is 19.7 Å². The summed E-state index contributed by atoms with van der Waals surface area (Å²) in [6, 6.07) is 0. The normalized spacial score (nSPS) is 22.5. The number of thioether (sulfide) groups is 1. The maximum Gasteiger partial charge on any atom is 0.0933 e. The van der Waals surface area contributed by atoms with Crippen LogP contribution in [0.5, 0.6) is 0 Å². The largest absolute Gasteiger partial charge is 0.379 e. The molecule has 1 atom stereocenters. The first-order chi connectivity index (χ1) is 6.93. The molecule has 84 valence electrons. The molecule has 0 aliphatic carbocycles. The zero-order valence-electron chi connectivity index (χ0n) is 8.96. The van der Waals surface area contributed by atoms with Gasteiger partial charge >= 0.3 is 0 Å². The van der Waals surface area contributed by atoms with Gasteiger partial charge in [-0.15, -0.1) is 0 Å². The van der Waals surface area contributed by atoms with Crippen LogP contribution in [0.3, 0.4) is 0 Å². The van der Waals surface area contributed by atoms with Crippen LogP contribution in [0.25, 0.3) is 0 Å². The lowest BCUT2D eigenvalue weighted by atomic mass is 10.3. The number of hydrogen-bond acceptors (Lipinski definition) is 4. The van der Waals surface area contributed by atoms with Gasteiger partial charge in [-0.1, -0.05) is 6.92 Å². The van der Waals surface area contributed by atoms with Crippen molar-refractivity contribution in [1.82, 2.24) is 5.32 Å². The first kappa shape index (κ1) is 12.3. The molecular formula is C10H21NO2S. The van der Waals surface area contributed by atoms with Crippen LogP contribution in [0.15, 0.2) is 0 Å². The Kier molecular flexibility index (Phi) is 7.50. The van der Waals surface area contributed by atoms with Crippen LogP contribution in [-0.4, -0.2) is 50.5 Å². The van der Waals surface area contributed by atoms with Gasteiger partial charge in [-0.3, -0.25) is 0 Å². The van der Waals surface area contributed by atoms with Crippen LogP contribution in [0.1, 0.15) is 13.3 Å². The molecule has 0 bridgehead atoms. The van der Waals surface area contributed by atoms with Crippen LogP contribution in [0.2, 0.25) is 0 Å². The van der Waals surface area contributed by atoms with Crippen molar-refractivity contribution < 1.29 is 9.47 Å². The summed E-state index contributed by atoms with van der Waals surface area (Å²) < 4.78 is 11.1. The third-order valence-electron chi connectivity index (χ3n) is 2.09. The zero-order valence-corrected chi connectivity index (χ0v) is 9.78. The lowest BCUT2D eigenvalue weighted by Crippen LogP contribution is -2.41. The SMILES string of the molecule is CCSCCCOCC1CNCCO1. The molecule has 1 aliphatic rings. The highest BCUT2D eigenvalue weighted by Gasteiger charge is 2.12. The molecule has 1 saturated heterocycles. The molecule has 14 heavy (non-hydrogen) atoms. The number of ether oxygens (including phenoxy) is 2. The molecule has 1 heterocycles. The second-order valence-corrected chi connectivity index (χ2v) is 4.72. The molecule has 1 aliphatic heterocycles. The Hall–Kier alpha value is 0.230. The summed E-state index contributed by atoms with van der Waals surface area (Å²) in [5, 5.41) is 3.29. The van der Waals surface area contributed by atoms with Crippen LogP contribution in [0, 0.1) is 0 Å². The van der Waals surface area contributed by atoms with E-state index in [9.17, 15) is 0 Å². The second kappa shape index (κ2) is 8.53. The molecular weight excluding hydrogens is 198 g/mol. The average Bonchev–Trinajstić information content (AvgIpc) is 2.25. The first-order valence-corrected chi connectivity index (χ1v) is 6.56. The second-order valence-electron chi connectivity index (χ2n) is 3.32. The van der Waals surface area contributed by atoms with Crippen molar-refractivity contribution in [1.29, 1.82) is 0 Å². The van der Waals surface area contributed by atoms with E-state index in [4.69, 9.17) is 9.47 Å². The molecule has 1 unspecified atom stereocenters. The highest BCUT2D eigenvalue weighted by atomic mass is 32.2. The molecule has 0 aromatic heterocycles. The predicted octanol–water partition coefficient (Wildman–Crippen LogP) is 1.13. The molecule has 1 rings (SSSR count). The molecule has 0 radical (unpaired) electrons. The van der Waals surface area contributed by atoms with Gasteiger partial charge in [0.15, 0.2) is 0 Å². The van der Waals surface area contributed by atoms with E-state index in [0.717, 1.165) is 39.3 Å². The van der Waals surface area contributed by atoms with E-state index in [-0.39, 0.29) is 6.10 Å². The Morgan fingerprint density at radius 1 is 1.57 bits per heavy atom. The van der Waals surface area contributed by atoms with E-state index in [2.05, 4.69) is 12.2 Å². The van der Waals surface area contributed by atoms with Crippen LogP contribution in [-0.2, 0) is 9.47 Å². The van der Waals surface area contributed by atoms with Crippen molar-refractivity contribution >= 4 is 11.8 Å². The van der Waals surface area contributed by atoms with E-state index in [1.165, 1.54) is 11.5 Å². The maximum absolute atomic E-state index is 5.54. The topological polar surface area (TPSA) is 30.5 Å². The monoisotopic (exact) mass is 219 g/mol. The highest BCUT2D eigenvalue weighted by Crippen LogP contribution is 2.02. The Morgan fingerprint density at radius 3 is 3.21 bits per heavy atom. The van der Waals surface area contributed by atoms with E-state index < -0.39 is 0 Å². The molecule has 0 aromatic rings. The summed E-state index contributed by atoms with van der Waals surface area (Å²) in [4.78, 5) is 0. The van der Waals surface area contributed by atoms with Gasteiger partial charge in [0.05, 0.1) is 19.3 Å². The van der Waals surface area contributed by atoms with E-state index in [0.29, 0.717) is 0 Å². The van der Waals surface area contributed by atoms with E-state index >= 15 is 0 Å². The van der Waals surface area contributed by atoms with Gasteiger partial charge in [0.25, 0.3) is 0 Å². The number of rotatable bonds is 7. The van der Waals surface area contributed by atoms with E-state index in [1.807, 2.05) is 11.8 Å². The molecule has 1 fully saturated rings. The van der Waals surface area contributed by atoms with Gasteiger partial charge < -0.3 is 14.8 Å². The Balaban J connectivity index is 1.82. The van der Waals surface area contributed by atoms with Crippen molar-refractivity contribution in [2.24, 2.45) is 0 Å². The van der Waals surface area contributed by atoms with Crippen molar-refractivity contribution in [3.8, 4) is 0 Å². The smallest absolute Gasteiger partial charge is 0.0933 e. The molecule has 0 amide bonds. The van der Waals surface area contributed by atoms with Crippen LogP contribution < -0.4 is 5.32 Å². The Bertz CT molecular complexity index is 129. The highest BCUT2D eigenvalue weighted by molar-refractivity contribution is 7.99. The average molecular weight is 219 g/mol. The van der Waals surface area contributed by atoms with Crippen molar-refractivity contribution in [2.75, 3.05) is 44.4 Å². The molecule has 4 heteroatoms. The number of hydrogen-bond donors (Lipinski definition) is 1. The third kappa shape index (κ3) is 5.86. The van der Waals surface area contributed by atoms with Gasteiger partial charge in [0.2, 0.25) is 0 Å². The van der Waals surface area contributed by atoms with Gasteiger partial charge in [-0.05, 0) is 17.9 Å². The molecule has 0 saturated carbocycles. The number of morpholine rings is 1. The fourth-order valence-electron chi connectivity index (χ4n) is 1.35. The zero-order chi connectivity index (χ0) is 10.1. The summed E-state index contributed by atoms with van der Waals surface area (Å²) >= 11 is 1.97. The number of nitrogens with one attached hydrogen (secondary N) is 1. The van der Waals surface area contributed by atoms with Gasteiger partial charge in [-0.2, -0.15) is 11.8 Å². The Morgan fingerprint density at radius 2 is 2.50 bits per heavy atom. The summed E-state index contributed by atoms with van der Waals surface area (Å²) in [6.45, 7) is 6.52. The molecule has 1 N–H and O–H groups in total. The lowest BCUT2D eigenvalue weighted by molar-refractivity contribution is -0.0310. The van der Waals surface area contributed by atoms with Crippen LogP contribution in [0.4, 0.5) is 0 Å². The molecule has 3 nitrogen and oxygen atoms in total. The van der Waals surface area contributed by atoms with Gasteiger partial charge in [-0.25, -0.2) is 0 Å². The molecule has 0 aromatic carbocycles. The predicted molar refractivity (Wildman–Crippen MR) is 61.0 cm³/mol. The van der Waals surface area contributed by atoms with Crippen molar-refractivity contribution in [2.45, 2.75) is 19.4 Å². The molecule has 0 spiro atoms. The van der Waals surface area contributed by atoms with Gasteiger partial charge in [0.1, 0.15) is 0 Å². The minimum atomic E-state index is 0.266. The minimum absolute atomic E-state index is 0.266. The summed E-state index contributed by atoms with van der Waals surface area (Å²) in [6.07, 6.45) is 1.42. The maximum atomic E-state index is 5.54. The fraction of sp³-hybridized carbons (Fsp3) is 1.00. The lowest BCUT2D eigenvalue weighted by Gasteiger charge is -2.23. The van der Waals surface area contributed by atoms with E-state index in [1.54, 1.807) is 0 Å². The standard InChI is InChI=1S/C10H21NO2S/c1-2-14-7-3-5-12-9-10-8-11-4-6-13-10/h10-11H,2-9H2,1H3. The quantitative estimate of drug-likeness (QED) is 0.650. The van der Waals surface area contributed by atoms with Crippen LogP contribution >= 0.6 is 11.8 Å². The Labute approximate surface area is 90.9 Å². The fourth-order valence-corrected chi connectivity index (χ4v) is 1.96. The summed E-state index contributed by atoms with van der Waals surface area (Å²) in [7, 11) is 0. The van der Waals surface area contributed by atoms with Crippen molar-refractivity contribution in [3.05, 3.63) is 0 Å². The summed E-state index contributed by atoms with van der Waals surface area (Å²) in [5.41, 5.74) is 0. The summed E-state index contributed by atoms with van der Waals surface area (Å²) in [5.74, 6) is 2.41.